The van der Waals surface area contributed by atoms with Crippen molar-refractivity contribution in [1.82, 2.24) is 0 Å². The normalized spacial score (nSPS) is 38.4. The van der Waals surface area contributed by atoms with Crippen LogP contribution in [0.1, 0.15) is 20.8 Å². The summed E-state index contributed by atoms with van der Waals surface area (Å²) in [5.41, 5.74) is 2.33. The Hall–Kier alpha value is -1.05. The molecule has 0 spiro atoms. The summed E-state index contributed by atoms with van der Waals surface area (Å²) >= 11 is 0. The van der Waals surface area contributed by atoms with Crippen molar-refractivity contribution in [3.8, 4) is 0 Å². The van der Waals surface area contributed by atoms with E-state index >= 15 is 0 Å². The van der Waals surface area contributed by atoms with E-state index in [2.05, 4.69) is 38.1 Å². The highest BCUT2D eigenvalue weighted by molar-refractivity contribution is 5.84. The molecule has 0 saturated carbocycles. The Morgan fingerprint density at radius 3 is 3.00 bits per heavy atom. The van der Waals surface area contributed by atoms with Crippen molar-refractivity contribution in [2.24, 2.45) is 11.1 Å². The minimum absolute atomic E-state index is 0.209. The highest BCUT2D eigenvalue weighted by atomic mass is 16.7. The van der Waals surface area contributed by atoms with E-state index in [9.17, 15) is 0 Å². The lowest BCUT2D eigenvalue weighted by molar-refractivity contribution is -0.0109. The molecule has 1 aliphatic carbocycles. The Kier molecular flexibility index (Phi) is 1.40. The molecule has 0 N–H and O–H groups in total. The van der Waals surface area contributed by atoms with Gasteiger partial charge in [-0.05, 0) is 13.8 Å². The zero-order chi connectivity index (χ0) is 8.77. The Balaban J connectivity index is 2.46. The largest absolute Gasteiger partial charge is 0.384 e. The molecule has 2 unspecified atom stereocenters. The molecule has 1 heterocycles. The van der Waals surface area contributed by atoms with Crippen molar-refractivity contribution in [3.05, 3.63) is 23.3 Å². The van der Waals surface area contributed by atoms with E-state index in [1.807, 2.05) is 0 Å². The van der Waals surface area contributed by atoms with Gasteiger partial charge in [-0.3, -0.25) is 0 Å². The molecule has 0 amide bonds. The van der Waals surface area contributed by atoms with Crippen LogP contribution in [-0.4, -0.2) is 11.8 Å². The second-order valence-electron chi connectivity index (χ2n) is 3.69. The third-order valence-corrected chi connectivity index (χ3v) is 3.04. The first kappa shape index (κ1) is 7.59. The summed E-state index contributed by atoms with van der Waals surface area (Å²) in [5, 5.41) is 3.86. The summed E-state index contributed by atoms with van der Waals surface area (Å²) in [4.78, 5) is 5.39. The van der Waals surface area contributed by atoms with E-state index in [1.165, 1.54) is 11.1 Å². The van der Waals surface area contributed by atoms with Crippen LogP contribution in [0.2, 0.25) is 0 Å². The van der Waals surface area contributed by atoms with Crippen molar-refractivity contribution >= 4 is 6.21 Å². The monoisotopic (exact) mass is 163 g/mol. The molecule has 2 rings (SSSR count). The molecule has 0 bridgehead atoms. The maximum absolute atomic E-state index is 5.39. The highest BCUT2D eigenvalue weighted by Crippen LogP contribution is 2.39. The molecule has 0 radical (unpaired) electrons. The molecule has 0 aromatic carbocycles. The number of allylic oxidation sites excluding steroid dienone is 2. The molecule has 0 fully saturated rings. The molecule has 1 aliphatic heterocycles. The van der Waals surface area contributed by atoms with Crippen molar-refractivity contribution in [2.45, 2.75) is 26.4 Å². The molecule has 2 atom stereocenters. The van der Waals surface area contributed by atoms with E-state index in [-0.39, 0.29) is 5.60 Å². The van der Waals surface area contributed by atoms with Crippen LogP contribution in [0.3, 0.4) is 0 Å². The van der Waals surface area contributed by atoms with Crippen LogP contribution >= 0.6 is 0 Å². The molecule has 2 heteroatoms. The maximum Gasteiger partial charge on any atom is 0.167 e. The van der Waals surface area contributed by atoms with Gasteiger partial charge in [0.2, 0.25) is 0 Å². The number of oxime groups is 1. The van der Waals surface area contributed by atoms with Crippen LogP contribution in [0.25, 0.3) is 0 Å². The fourth-order valence-electron chi connectivity index (χ4n) is 1.71. The fraction of sp³-hybridized carbons (Fsp3) is 0.500. The van der Waals surface area contributed by atoms with Gasteiger partial charge >= 0.3 is 0 Å². The molecule has 64 valence electrons. The van der Waals surface area contributed by atoms with Crippen LogP contribution in [0.4, 0.5) is 0 Å². The second kappa shape index (κ2) is 2.22. The van der Waals surface area contributed by atoms with Gasteiger partial charge in [0.15, 0.2) is 5.60 Å². The lowest BCUT2D eigenvalue weighted by Crippen LogP contribution is -2.36. The Labute approximate surface area is 72.6 Å². The Bertz CT molecular complexity index is 301. The minimum atomic E-state index is -0.209. The first-order valence-electron chi connectivity index (χ1n) is 4.25. The van der Waals surface area contributed by atoms with Gasteiger partial charge in [0.25, 0.3) is 0 Å². The lowest BCUT2D eigenvalue weighted by atomic mass is 9.77. The van der Waals surface area contributed by atoms with Crippen molar-refractivity contribution in [1.29, 1.82) is 0 Å². The number of hydrogen-bond donors (Lipinski definition) is 0. The van der Waals surface area contributed by atoms with Crippen molar-refractivity contribution in [3.63, 3.8) is 0 Å². The van der Waals surface area contributed by atoms with Gasteiger partial charge in [-0.25, -0.2) is 0 Å². The predicted molar refractivity (Wildman–Crippen MR) is 49.0 cm³/mol. The minimum Gasteiger partial charge on any atom is -0.384 e. The second-order valence-corrected chi connectivity index (χ2v) is 3.69. The quantitative estimate of drug-likeness (QED) is 0.537. The summed E-state index contributed by atoms with van der Waals surface area (Å²) in [5.74, 6) is 0.417. The summed E-state index contributed by atoms with van der Waals surface area (Å²) < 4.78 is 0. The Morgan fingerprint density at radius 1 is 1.50 bits per heavy atom. The molecule has 2 aliphatic rings. The molecule has 0 saturated heterocycles. The van der Waals surface area contributed by atoms with Crippen LogP contribution in [0.15, 0.2) is 28.5 Å². The summed E-state index contributed by atoms with van der Waals surface area (Å²) in [6, 6.07) is 0. The molecular formula is C10H13NO. The molecule has 0 aromatic rings. The molecular weight excluding hydrogens is 150 g/mol. The average molecular weight is 163 g/mol. The molecule has 2 nitrogen and oxygen atoms in total. The number of hydrogen-bond acceptors (Lipinski definition) is 2. The highest BCUT2D eigenvalue weighted by Gasteiger charge is 2.42. The third-order valence-electron chi connectivity index (χ3n) is 3.04. The van der Waals surface area contributed by atoms with Gasteiger partial charge in [-0.1, -0.05) is 29.8 Å². The van der Waals surface area contributed by atoms with Crippen LogP contribution in [0, 0.1) is 5.92 Å². The smallest absolute Gasteiger partial charge is 0.167 e. The average Bonchev–Trinajstić information content (AvgIpc) is 2.42. The van der Waals surface area contributed by atoms with Crippen LogP contribution in [0.5, 0.6) is 0 Å². The zero-order valence-electron chi connectivity index (χ0n) is 7.66. The SMILES string of the molecule is CC1=CC=C2C=NOC2(C)C1C. The first-order valence-corrected chi connectivity index (χ1v) is 4.25. The number of fused-ring (bicyclic) bond motifs is 1. The van der Waals surface area contributed by atoms with Gasteiger partial charge < -0.3 is 4.84 Å². The predicted octanol–water partition coefficient (Wildman–Crippen LogP) is 2.28. The van der Waals surface area contributed by atoms with Gasteiger partial charge in [-0.2, -0.15) is 0 Å². The third kappa shape index (κ3) is 0.779. The van der Waals surface area contributed by atoms with E-state index in [0.717, 1.165) is 0 Å². The Morgan fingerprint density at radius 2 is 2.25 bits per heavy atom. The van der Waals surface area contributed by atoms with Crippen molar-refractivity contribution in [2.75, 3.05) is 0 Å². The maximum atomic E-state index is 5.39. The number of rotatable bonds is 0. The zero-order valence-corrected chi connectivity index (χ0v) is 7.66. The van der Waals surface area contributed by atoms with Crippen molar-refractivity contribution < 1.29 is 4.84 Å². The van der Waals surface area contributed by atoms with E-state index < -0.39 is 0 Å². The van der Waals surface area contributed by atoms with Gasteiger partial charge in [0.1, 0.15) is 0 Å². The van der Waals surface area contributed by atoms with Crippen LogP contribution in [-0.2, 0) is 4.84 Å². The molecule has 0 aromatic heterocycles. The first-order chi connectivity index (χ1) is 5.64. The van der Waals surface area contributed by atoms with Gasteiger partial charge in [0.05, 0.1) is 6.21 Å². The topological polar surface area (TPSA) is 21.6 Å². The van der Waals surface area contributed by atoms with Crippen LogP contribution < -0.4 is 0 Å². The fourth-order valence-corrected chi connectivity index (χ4v) is 1.71. The summed E-state index contributed by atoms with van der Waals surface area (Å²) in [6.07, 6.45) is 6.04. The van der Waals surface area contributed by atoms with E-state index in [1.54, 1.807) is 6.21 Å². The lowest BCUT2D eigenvalue weighted by Gasteiger charge is -2.33. The van der Waals surface area contributed by atoms with Gasteiger partial charge in [0, 0.05) is 11.5 Å². The summed E-state index contributed by atoms with van der Waals surface area (Å²) in [7, 11) is 0. The van der Waals surface area contributed by atoms with E-state index in [0.29, 0.717) is 5.92 Å². The standard InChI is InChI=1S/C10H13NO/c1-7-4-5-9-6-11-12-10(9,3)8(7)2/h4-6,8H,1-3H3. The molecule has 12 heavy (non-hydrogen) atoms. The number of nitrogens with zero attached hydrogens (tertiary/aromatic N) is 1. The summed E-state index contributed by atoms with van der Waals surface area (Å²) in [6.45, 7) is 6.39. The van der Waals surface area contributed by atoms with E-state index in [4.69, 9.17) is 4.84 Å². The van der Waals surface area contributed by atoms with Gasteiger partial charge in [-0.15, -0.1) is 0 Å².